The van der Waals surface area contributed by atoms with Crippen molar-refractivity contribution in [3.8, 4) is 0 Å². The highest BCUT2D eigenvalue weighted by molar-refractivity contribution is 7.89. The highest BCUT2D eigenvalue weighted by Crippen LogP contribution is 2.31. The van der Waals surface area contributed by atoms with Crippen LogP contribution in [-0.4, -0.2) is 41.5 Å². The maximum atomic E-state index is 12.9. The summed E-state index contributed by atoms with van der Waals surface area (Å²) in [5, 5.41) is 7.48. The van der Waals surface area contributed by atoms with Crippen molar-refractivity contribution >= 4 is 21.7 Å². The standard InChI is InChI=1S/C22H30N4O3S/c1-17-7-9-20(10-8-17)30(28,29)25-15-12-18(13-16-25)22(27)24-21-11-14-23-26(21)19-5-3-2-4-6-19/h7-11,14,18-19H,2-6,12-13,15-16H2,1H3,(H,24,27). The second-order valence-electron chi connectivity index (χ2n) is 8.43. The Labute approximate surface area is 178 Å². The van der Waals surface area contributed by atoms with Gasteiger partial charge in [0.25, 0.3) is 0 Å². The van der Waals surface area contributed by atoms with Gasteiger partial charge in [-0.1, -0.05) is 37.0 Å². The number of rotatable bonds is 5. The van der Waals surface area contributed by atoms with Crippen LogP contribution in [0.25, 0.3) is 0 Å². The lowest BCUT2D eigenvalue weighted by molar-refractivity contribution is -0.121. The summed E-state index contributed by atoms with van der Waals surface area (Å²) in [6.07, 6.45) is 8.64. The third-order valence-electron chi connectivity index (χ3n) is 6.33. The van der Waals surface area contributed by atoms with Crippen molar-refractivity contribution in [1.29, 1.82) is 0 Å². The van der Waals surface area contributed by atoms with Crippen molar-refractivity contribution in [3.05, 3.63) is 42.1 Å². The number of aryl methyl sites for hydroxylation is 1. The van der Waals surface area contributed by atoms with E-state index in [1.54, 1.807) is 18.3 Å². The molecule has 2 fully saturated rings. The number of benzene rings is 1. The number of piperidine rings is 1. The first-order valence-electron chi connectivity index (χ1n) is 10.9. The summed E-state index contributed by atoms with van der Waals surface area (Å²) in [6, 6.07) is 9.12. The molecule has 1 saturated heterocycles. The number of nitrogens with one attached hydrogen (secondary N) is 1. The van der Waals surface area contributed by atoms with E-state index in [0.717, 1.165) is 24.2 Å². The van der Waals surface area contributed by atoms with Crippen LogP contribution in [-0.2, 0) is 14.8 Å². The summed E-state index contributed by atoms with van der Waals surface area (Å²) in [6.45, 7) is 2.65. The van der Waals surface area contributed by atoms with Crippen LogP contribution in [0.3, 0.4) is 0 Å². The highest BCUT2D eigenvalue weighted by atomic mass is 32.2. The molecule has 1 N–H and O–H groups in total. The second kappa shape index (κ2) is 8.89. The average Bonchev–Trinajstić information content (AvgIpc) is 3.23. The predicted molar refractivity (Wildman–Crippen MR) is 116 cm³/mol. The second-order valence-corrected chi connectivity index (χ2v) is 10.4. The summed E-state index contributed by atoms with van der Waals surface area (Å²) >= 11 is 0. The van der Waals surface area contributed by atoms with Crippen molar-refractivity contribution in [2.24, 2.45) is 5.92 Å². The lowest BCUT2D eigenvalue weighted by Crippen LogP contribution is -2.41. The first-order valence-corrected chi connectivity index (χ1v) is 12.3. The SMILES string of the molecule is Cc1ccc(S(=O)(=O)N2CCC(C(=O)Nc3ccnn3C3CCCCC3)CC2)cc1. The minimum absolute atomic E-state index is 0.0417. The van der Waals surface area contributed by atoms with Gasteiger partial charge in [0.05, 0.1) is 17.1 Å². The monoisotopic (exact) mass is 430 g/mol. The Kier molecular flexibility index (Phi) is 6.24. The molecule has 0 unspecified atom stereocenters. The Bertz CT molecular complexity index is 970. The third kappa shape index (κ3) is 4.44. The van der Waals surface area contributed by atoms with Crippen LogP contribution in [0.4, 0.5) is 5.82 Å². The van der Waals surface area contributed by atoms with Gasteiger partial charge < -0.3 is 5.32 Å². The fourth-order valence-electron chi connectivity index (χ4n) is 4.48. The van der Waals surface area contributed by atoms with Crippen molar-refractivity contribution in [1.82, 2.24) is 14.1 Å². The van der Waals surface area contributed by atoms with Crippen LogP contribution in [0, 0.1) is 12.8 Å². The molecule has 1 aromatic carbocycles. The topological polar surface area (TPSA) is 84.3 Å². The molecule has 0 atom stereocenters. The van der Waals surface area contributed by atoms with Gasteiger partial charge in [-0.2, -0.15) is 9.40 Å². The molecule has 2 aliphatic rings. The number of carbonyl (C=O) groups is 1. The Hall–Kier alpha value is -2.19. The zero-order valence-electron chi connectivity index (χ0n) is 17.5. The van der Waals surface area contributed by atoms with Gasteiger partial charge in [-0.15, -0.1) is 0 Å². The molecule has 2 aromatic rings. The van der Waals surface area contributed by atoms with Crippen LogP contribution in [0.2, 0.25) is 0 Å². The normalized spacial score (nSPS) is 19.6. The van der Waals surface area contributed by atoms with E-state index in [0.29, 0.717) is 36.9 Å². The van der Waals surface area contributed by atoms with Gasteiger partial charge in [-0.05, 0) is 44.7 Å². The molecule has 7 nitrogen and oxygen atoms in total. The molecule has 1 saturated carbocycles. The van der Waals surface area contributed by atoms with E-state index in [1.165, 1.54) is 23.6 Å². The summed E-state index contributed by atoms with van der Waals surface area (Å²) < 4.78 is 29.2. The van der Waals surface area contributed by atoms with Gasteiger partial charge in [-0.25, -0.2) is 13.1 Å². The molecule has 0 bridgehead atoms. The quantitative estimate of drug-likeness (QED) is 0.783. The number of anilines is 1. The van der Waals surface area contributed by atoms with Crippen LogP contribution in [0.1, 0.15) is 56.6 Å². The van der Waals surface area contributed by atoms with Gasteiger partial charge >= 0.3 is 0 Å². The Morgan fingerprint density at radius 2 is 1.67 bits per heavy atom. The largest absolute Gasteiger partial charge is 0.311 e. The van der Waals surface area contributed by atoms with Crippen LogP contribution < -0.4 is 5.32 Å². The number of hydrogen-bond acceptors (Lipinski definition) is 4. The Balaban J connectivity index is 1.36. The molecule has 162 valence electrons. The average molecular weight is 431 g/mol. The fourth-order valence-corrected chi connectivity index (χ4v) is 5.95. The third-order valence-corrected chi connectivity index (χ3v) is 8.24. The molecule has 0 radical (unpaired) electrons. The number of aromatic nitrogens is 2. The van der Waals surface area contributed by atoms with E-state index in [1.807, 2.05) is 29.8 Å². The van der Waals surface area contributed by atoms with Crippen LogP contribution in [0.15, 0.2) is 41.4 Å². The molecule has 1 aliphatic heterocycles. The molecule has 30 heavy (non-hydrogen) atoms. The van der Waals surface area contributed by atoms with Crippen LogP contribution >= 0.6 is 0 Å². The summed E-state index contributed by atoms with van der Waals surface area (Å²) in [7, 11) is -3.51. The Morgan fingerprint density at radius 3 is 2.33 bits per heavy atom. The first-order chi connectivity index (χ1) is 14.4. The summed E-state index contributed by atoms with van der Waals surface area (Å²) in [5.74, 6) is 0.519. The molecular formula is C22H30N4O3S. The van der Waals surface area contributed by atoms with Gasteiger partial charge in [-0.3, -0.25) is 4.79 Å². The van der Waals surface area contributed by atoms with Crippen molar-refractivity contribution in [2.75, 3.05) is 18.4 Å². The molecule has 8 heteroatoms. The number of sulfonamides is 1. The van der Waals surface area contributed by atoms with Crippen molar-refractivity contribution in [2.45, 2.75) is 62.8 Å². The minimum atomic E-state index is -3.51. The van der Waals surface area contributed by atoms with Crippen LogP contribution in [0.5, 0.6) is 0 Å². The maximum absolute atomic E-state index is 12.9. The van der Waals surface area contributed by atoms with Gasteiger partial charge in [0, 0.05) is 25.1 Å². The molecule has 0 spiro atoms. The van der Waals surface area contributed by atoms with Gasteiger partial charge in [0.15, 0.2) is 0 Å². The molecule has 2 heterocycles. The Morgan fingerprint density at radius 1 is 1.00 bits per heavy atom. The van der Waals surface area contributed by atoms with E-state index in [-0.39, 0.29) is 11.8 Å². The van der Waals surface area contributed by atoms with Crippen molar-refractivity contribution in [3.63, 3.8) is 0 Å². The zero-order valence-corrected chi connectivity index (χ0v) is 18.3. The molecule has 1 amide bonds. The van der Waals surface area contributed by atoms with E-state index in [9.17, 15) is 13.2 Å². The number of nitrogens with zero attached hydrogens (tertiary/aromatic N) is 3. The van der Waals surface area contributed by atoms with E-state index >= 15 is 0 Å². The zero-order chi connectivity index (χ0) is 21.1. The van der Waals surface area contributed by atoms with E-state index in [4.69, 9.17) is 0 Å². The minimum Gasteiger partial charge on any atom is -0.311 e. The number of amides is 1. The molecule has 4 rings (SSSR count). The molecular weight excluding hydrogens is 400 g/mol. The van der Waals surface area contributed by atoms with E-state index < -0.39 is 10.0 Å². The summed E-state index contributed by atoms with van der Waals surface area (Å²) in [5.41, 5.74) is 1.02. The first kappa shape index (κ1) is 21.1. The van der Waals surface area contributed by atoms with Gasteiger partial charge in [0.2, 0.25) is 15.9 Å². The lowest BCUT2D eigenvalue weighted by Gasteiger charge is -2.31. The summed E-state index contributed by atoms with van der Waals surface area (Å²) in [4.78, 5) is 13.2. The molecule has 1 aromatic heterocycles. The fraction of sp³-hybridized carbons (Fsp3) is 0.545. The number of carbonyl (C=O) groups excluding carboxylic acids is 1. The smallest absolute Gasteiger partial charge is 0.243 e. The predicted octanol–water partition coefficient (Wildman–Crippen LogP) is 3.74. The molecule has 1 aliphatic carbocycles. The lowest BCUT2D eigenvalue weighted by atomic mass is 9.95. The van der Waals surface area contributed by atoms with E-state index in [2.05, 4.69) is 10.4 Å². The number of hydrogen-bond donors (Lipinski definition) is 1. The maximum Gasteiger partial charge on any atom is 0.243 e. The highest BCUT2D eigenvalue weighted by Gasteiger charge is 2.32. The van der Waals surface area contributed by atoms with Gasteiger partial charge in [0.1, 0.15) is 5.82 Å². The van der Waals surface area contributed by atoms with Crippen molar-refractivity contribution < 1.29 is 13.2 Å².